The molecule has 0 aliphatic carbocycles. The van der Waals surface area contributed by atoms with Crippen molar-refractivity contribution in [2.75, 3.05) is 23.0 Å². The molecule has 4 N–H and O–H groups in total. The molecule has 0 atom stereocenters. The Hall–Kier alpha value is -5.14. The van der Waals surface area contributed by atoms with Crippen LogP contribution in [0, 0.1) is 45.3 Å². The Labute approximate surface area is 226 Å². The van der Waals surface area contributed by atoms with Gasteiger partial charge in [-0.3, -0.25) is 9.97 Å². The molecule has 0 aliphatic heterocycles. The van der Waals surface area contributed by atoms with Crippen molar-refractivity contribution >= 4 is 35.2 Å². The number of hydrogen-bond donors (Lipinski definition) is 2. The normalized spacial score (nSPS) is 10.1. The summed E-state index contributed by atoms with van der Waals surface area (Å²) >= 11 is 2.59. The summed E-state index contributed by atoms with van der Waals surface area (Å²) in [4.78, 5) is 16.6. The van der Waals surface area contributed by atoms with E-state index in [9.17, 15) is 21.0 Å². The standard InChI is InChI=1S/C26H16N10S2/c27-11-17-21(15-1-5-33-6-2-15)19(13-29)25(35-23(17)31)37-9-10-38-26-20(14-30)22(16-3-7-34-8-4-16)18(12-28)24(32)36-26/h1-8H,9-10H2,(H2,31,35)(H2,32,36). The second-order valence-electron chi connectivity index (χ2n) is 7.47. The monoisotopic (exact) mass is 532 g/mol. The predicted octanol–water partition coefficient (Wildman–Crippen LogP) is 4.14. The fourth-order valence-corrected chi connectivity index (χ4v) is 5.66. The average Bonchev–Trinajstić information content (AvgIpc) is 2.95. The number of nitriles is 4. The van der Waals surface area contributed by atoms with Gasteiger partial charge in [0.05, 0.1) is 11.1 Å². The highest BCUT2D eigenvalue weighted by atomic mass is 32.2. The van der Waals surface area contributed by atoms with E-state index in [1.807, 2.05) is 12.1 Å². The van der Waals surface area contributed by atoms with E-state index < -0.39 is 0 Å². The molecule has 0 aromatic carbocycles. The van der Waals surface area contributed by atoms with Gasteiger partial charge in [-0.05, 0) is 35.4 Å². The number of nitrogens with zero attached hydrogens (tertiary/aromatic N) is 8. The lowest BCUT2D eigenvalue weighted by Gasteiger charge is -2.14. The molecule has 0 saturated carbocycles. The van der Waals surface area contributed by atoms with E-state index in [-0.39, 0.29) is 33.9 Å². The highest BCUT2D eigenvalue weighted by Crippen LogP contribution is 2.38. The summed E-state index contributed by atoms with van der Waals surface area (Å²) in [5, 5.41) is 39.9. The summed E-state index contributed by atoms with van der Waals surface area (Å²) in [6.07, 6.45) is 6.28. The minimum atomic E-state index is 0.0313. The van der Waals surface area contributed by atoms with Crippen molar-refractivity contribution in [1.29, 1.82) is 21.0 Å². The van der Waals surface area contributed by atoms with E-state index >= 15 is 0 Å². The lowest BCUT2D eigenvalue weighted by Crippen LogP contribution is -2.05. The number of nitrogen functional groups attached to an aromatic ring is 2. The van der Waals surface area contributed by atoms with Gasteiger partial charge < -0.3 is 11.5 Å². The molecule has 0 amide bonds. The van der Waals surface area contributed by atoms with E-state index in [1.165, 1.54) is 23.5 Å². The van der Waals surface area contributed by atoms with Gasteiger partial charge in [0, 0.05) is 47.4 Å². The summed E-state index contributed by atoms with van der Waals surface area (Å²) < 4.78 is 0. The van der Waals surface area contributed by atoms with Gasteiger partial charge in [0.1, 0.15) is 57.1 Å². The predicted molar refractivity (Wildman–Crippen MR) is 144 cm³/mol. The Kier molecular flexibility index (Phi) is 8.01. The zero-order valence-electron chi connectivity index (χ0n) is 19.6. The van der Waals surface area contributed by atoms with Crippen LogP contribution < -0.4 is 11.5 Å². The zero-order valence-corrected chi connectivity index (χ0v) is 21.2. The van der Waals surface area contributed by atoms with Crippen LogP contribution in [0.5, 0.6) is 0 Å². The number of hydrogen-bond acceptors (Lipinski definition) is 12. The van der Waals surface area contributed by atoms with E-state index in [2.05, 4.69) is 32.1 Å². The number of anilines is 2. The lowest BCUT2D eigenvalue weighted by molar-refractivity contribution is 1.11. The van der Waals surface area contributed by atoms with Gasteiger partial charge >= 0.3 is 0 Å². The molecule has 4 heterocycles. The molecule has 0 bridgehead atoms. The molecular weight excluding hydrogens is 516 g/mol. The average molecular weight is 533 g/mol. The minimum absolute atomic E-state index is 0.0313. The molecular formula is C26H16N10S2. The molecule has 0 aliphatic rings. The molecule has 0 unspecified atom stereocenters. The summed E-state index contributed by atoms with van der Waals surface area (Å²) in [5.74, 6) is 1.02. The fourth-order valence-electron chi connectivity index (χ4n) is 3.70. The smallest absolute Gasteiger partial charge is 0.143 e. The SMILES string of the molecule is N#Cc1c(N)nc(SCCSc2nc(N)c(C#N)c(-c3ccncc3)c2C#N)c(C#N)c1-c1ccncc1. The van der Waals surface area contributed by atoms with Crippen LogP contribution in [0.4, 0.5) is 11.6 Å². The molecule has 4 aromatic heterocycles. The summed E-state index contributed by atoms with van der Waals surface area (Å²) in [6.45, 7) is 0. The first-order chi connectivity index (χ1) is 18.5. The summed E-state index contributed by atoms with van der Waals surface area (Å²) in [7, 11) is 0. The van der Waals surface area contributed by atoms with Crippen LogP contribution in [0.3, 0.4) is 0 Å². The van der Waals surface area contributed by atoms with Crippen molar-refractivity contribution < 1.29 is 0 Å². The van der Waals surface area contributed by atoms with Crippen LogP contribution in [0.25, 0.3) is 22.3 Å². The second-order valence-corrected chi connectivity index (χ2v) is 9.64. The van der Waals surface area contributed by atoms with Gasteiger partial charge in [0.25, 0.3) is 0 Å². The molecule has 12 heteroatoms. The zero-order chi connectivity index (χ0) is 27.1. The molecule has 4 aromatic rings. The molecule has 0 fully saturated rings. The molecule has 4 rings (SSSR count). The van der Waals surface area contributed by atoms with Crippen molar-refractivity contribution in [3.63, 3.8) is 0 Å². The second kappa shape index (κ2) is 11.7. The Morgan fingerprint density at radius 3 is 1.24 bits per heavy atom. The third-order valence-electron chi connectivity index (χ3n) is 5.33. The Morgan fingerprint density at radius 1 is 0.579 bits per heavy atom. The van der Waals surface area contributed by atoms with Crippen molar-refractivity contribution in [3.05, 3.63) is 71.3 Å². The topological polar surface area (TPSA) is 199 Å². The maximum absolute atomic E-state index is 9.93. The first-order valence-corrected chi connectivity index (χ1v) is 12.8. The van der Waals surface area contributed by atoms with Gasteiger partial charge in [0.15, 0.2) is 0 Å². The first-order valence-electron chi connectivity index (χ1n) is 10.9. The minimum Gasteiger partial charge on any atom is -0.383 e. The largest absolute Gasteiger partial charge is 0.383 e. The number of pyridine rings is 4. The van der Waals surface area contributed by atoms with Crippen LogP contribution in [0.2, 0.25) is 0 Å². The van der Waals surface area contributed by atoms with Crippen LogP contribution in [-0.2, 0) is 0 Å². The van der Waals surface area contributed by atoms with E-state index in [0.717, 1.165) is 0 Å². The lowest BCUT2D eigenvalue weighted by atomic mass is 9.98. The van der Waals surface area contributed by atoms with E-state index in [1.54, 1.807) is 49.1 Å². The van der Waals surface area contributed by atoms with Crippen molar-refractivity contribution in [1.82, 2.24) is 19.9 Å². The highest BCUT2D eigenvalue weighted by molar-refractivity contribution is 8.03. The maximum Gasteiger partial charge on any atom is 0.143 e. The van der Waals surface area contributed by atoms with Gasteiger partial charge in [-0.2, -0.15) is 21.0 Å². The highest BCUT2D eigenvalue weighted by Gasteiger charge is 2.22. The summed E-state index contributed by atoms with van der Waals surface area (Å²) in [6, 6.07) is 15.2. The van der Waals surface area contributed by atoms with Gasteiger partial charge in [0.2, 0.25) is 0 Å². The summed E-state index contributed by atoms with van der Waals surface area (Å²) in [5.41, 5.74) is 15.0. The quantitative estimate of drug-likeness (QED) is 0.255. The van der Waals surface area contributed by atoms with Crippen molar-refractivity contribution in [3.8, 4) is 46.5 Å². The van der Waals surface area contributed by atoms with Crippen LogP contribution >= 0.6 is 23.5 Å². The van der Waals surface area contributed by atoms with E-state index in [0.29, 0.717) is 43.8 Å². The number of rotatable bonds is 7. The van der Waals surface area contributed by atoms with Crippen molar-refractivity contribution in [2.45, 2.75) is 10.1 Å². The number of aromatic nitrogens is 4. The molecule has 182 valence electrons. The van der Waals surface area contributed by atoms with Crippen LogP contribution in [0.15, 0.2) is 59.1 Å². The van der Waals surface area contributed by atoms with Gasteiger partial charge in [-0.15, -0.1) is 23.5 Å². The fraction of sp³-hybridized carbons (Fsp3) is 0.0769. The Morgan fingerprint density at radius 2 is 0.921 bits per heavy atom. The maximum atomic E-state index is 9.93. The third-order valence-corrected chi connectivity index (χ3v) is 7.54. The number of thioether (sulfide) groups is 2. The molecule has 0 saturated heterocycles. The van der Waals surface area contributed by atoms with Gasteiger partial charge in [-0.1, -0.05) is 0 Å². The number of nitrogens with two attached hydrogens (primary N) is 2. The third kappa shape index (κ3) is 5.04. The van der Waals surface area contributed by atoms with Crippen LogP contribution in [-0.4, -0.2) is 31.4 Å². The van der Waals surface area contributed by atoms with Crippen molar-refractivity contribution in [2.24, 2.45) is 0 Å². The molecule has 10 nitrogen and oxygen atoms in total. The van der Waals surface area contributed by atoms with Gasteiger partial charge in [-0.25, -0.2) is 9.97 Å². The Balaban J connectivity index is 1.62. The molecule has 38 heavy (non-hydrogen) atoms. The molecule has 0 radical (unpaired) electrons. The Bertz CT molecular complexity index is 1550. The van der Waals surface area contributed by atoms with Crippen LogP contribution in [0.1, 0.15) is 22.3 Å². The first kappa shape index (κ1) is 25.9. The van der Waals surface area contributed by atoms with E-state index in [4.69, 9.17) is 11.5 Å². The molecule has 0 spiro atoms.